The van der Waals surface area contributed by atoms with Gasteiger partial charge in [0, 0.05) is 0 Å². The minimum absolute atomic E-state index is 0.0301. The molecule has 0 aliphatic carbocycles. The number of hydroxylamine groups is 1. The summed E-state index contributed by atoms with van der Waals surface area (Å²) < 4.78 is 23.5. The molecule has 1 atom stereocenters. The molecule has 2 aromatic carbocycles. The number of aromatic nitrogens is 1. The fraction of sp³-hybridized carbons (Fsp3) is 0.269. The standard InChI is InChI=1S/C26H30AsN3O7/c1-3-4-12-22-15-16-24(28-25(32)17-14-20-9-6-5-7-10-20)26(33)30(22)23-13-8-11-21(18-23)27(34,37-35)36-29-19(2)31/h5-11,13,15-16,18,35H,3-4,12,14,17H2,1-2H3,(H,28,32)(H,29,31). The van der Waals surface area contributed by atoms with Crippen LogP contribution in [-0.4, -0.2) is 35.8 Å². The van der Waals surface area contributed by atoms with E-state index in [1.165, 1.54) is 22.8 Å². The Kier molecular flexibility index (Phi) is 10.0. The van der Waals surface area contributed by atoms with Gasteiger partial charge in [-0.05, 0) is 0 Å². The van der Waals surface area contributed by atoms with Crippen molar-refractivity contribution in [2.45, 2.75) is 46.0 Å². The Labute approximate surface area is 217 Å². The summed E-state index contributed by atoms with van der Waals surface area (Å²) in [7, 11) is 0. The third-order valence-electron chi connectivity index (χ3n) is 5.53. The van der Waals surface area contributed by atoms with Crippen molar-refractivity contribution in [1.82, 2.24) is 10.0 Å². The number of nitrogens with one attached hydrogen (secondary N) is 2. The average Bonchev–Trinajstić information content (AvgIpc) is 2.91. The van der Waals surface area contributed by atoms with Gasteiger partial charge in [0.05, 0.1) is 0 Å². The number of amides is 2. The van der Waals surface area contributed by atoms with Gasteiger partial charge >= 0.3 is 199 Å². The third kappa shape index (κ3) is 7.53. The van der Waals surface area contributed by atoms with Gasteiger partial charge in [-0.1, -0.05) is 18.2 Å². The molecule has 37 heavy (non-hydrogen) atoms. The molecule has 1 heterocycles. The molecule has 0 saturated heterocycles. The van der Waals surface area contributed by atoms with Gasteiger partial charge in [0.1, 0.15) is 0 Å². The number of carbonyl (C=O) groups excluding carboxylic acids is 2. The molecule has 0 aliphatic rings. The minimum atomic E-state index is -5.09. The summed E-state index contributed by atoms with van der Waals surface area (Å²) in [4.78, 5) is 37.3. The van der Waals surface area contributed by atoms with Gasteiger partial charge in [0.15, 0.2) is 0 Å². The summed E-state index contributed by atoms with van der Waals surface area (Å²) in [5.74, 6) is -0.934. The van der Waals surface area contributed by atoms with E-state index in [4.69, 9.17) is 3.83 Å². The first-order valence-electron chi connectivity index (χ1n) is 11.9. The zero-order valence-electron chi connectivity index (χ0n) is 20.7. The van der Waals surface area contributed by atoms with Crippen LogP contribution in [-0.2, 0) is 33.9 Å². The predicted molar refractivity (Wildman–Crippen MR) is 139 cm³/mol. The van der Waals surface area contributed by atoms with Crippen molar-refractivity contribution in [2.24, 2.45) is 0 Å². The first-order chi connectivity index (χ1) is 17.8. The van der Waals surface area contributed by atoms with Crippen molar-refractivity contribution in [1.29, 1.82) is 0 Å². The number of nitrogens with zero attached hydrogens (tertiary/aromatic N) is 1. The SMILES string of the molecule is CCCCc1ccc(NC(=O)CCc2ccccc2)c(=O)n1-c1cccc([As](=O)(OO)ONC(C)=O)c1. The molecular weight excluding hydrogens is 541 g/mol. The number of hydrogen-bond donors (Lipinski definition) is 3. The van der Waals surface area contributed by atoms with Crippen molar-refractivity contribution in [3.63, 3.8) is 0 Å². The Morgan fingerprint density at radius 3 is 2.46 bits per heavy atom. The number of pyridine rings is 1. The van der Waals surface area contributed by atoms with Gasteiger partial charge in [-0.2, -0.15) is 0 Å². The Hall–Kier alpha value is -3.43. The van der Waals surface area contributed by atoms with E-state index in [2.05, 4.69) is 9.19 Å². The maximum atomic E-state index is 13.5. The van der Waals surface area contributed by atoms with Gasteiger partial charge in [-0.15, -0.1) is 0 Å². The number of hydrogen-bond acceptors (Lipinski definition) is 7. The molecular formula is C26H30AsN3O7. The average molecular weight is 571 g/mol. The fourth-order valence-corrected chi connectivity index (χ4v) is 5.85. The zero-order valence-corrected chi connectivity index (χ0v) is 22.6. The second kappa shape index (κ2) is 13.2. The summed E-state index contributed by atoms with van der Waals surface area (Å²) in [6, 6.07) is 18.8. The summed E-state index contributed by atoms with van der Waals surface area (Å²) >= 11 is -5.09. The quantitative estimate of drug-likeness (QED) is 0.173. The van der Waals surface area contributed by atoms with Crippen molar-refractivity contribution in [2.75, 3.05) is 5.32 Å². The third-order valence-corrected chi connectivity index (χ3v) is 8.59. The molecule has 0 saturated carbocycles. The Balaban J connectivity index is 1.94. The molecule has 2 amide bonds. The molecule has 196 valence electrons. The molecule has 3 rings (SSSR count). The van der Waals surface area contributed by atoms with Crippen LogP contribution in [0, 0.1) is 0 Å². The molecule has 11 heteroatoms. The van der Waals surface area contributed by atoms with Crippen LogP contribution in [0.25, 0.3) is 5.69 Å². The van der Waals surface area contributed by atoms with Crippen molar-refractivity contribution >= 4 is 36.0 Å². The van der Waals surface area contributed by atoms with Gasteiger partial charge in [0.2, 0.25) is 0 Å². The summed E-state index contributed by atoms with van der Waals surface area (Å²) in [5, 5.41) is 12.0. The predicted octanol–water partition coefficient (Wildman–Crippen LogP) is 2.89. The normalized spacial score (nSPS) is 12.5. The van der Waals surface area contributed by atoms with E-state index in [0.717, 1.165) is 25.3 Å². The van der Waals surface area contributed by atoms with Gasteiger partial charge in [0.25, 0.3) is 0 Å². The second-order valence-corrected chi connectivity index (χ2v) is 12.3. The summed E-state index contributed by atoms with van der Waals surface area (Å²) in [6.45, 7) is 3.17. The number of aryl methyl sites for hydroxylation is 2. The molecule has 3 aromatic rings. The van der Waals surface area contributed by atoms with E-state index in [0.29, 0.717) is 24.2 Å². The van der Waals surface area contributed by atoms with Crippen LogP contribution in [0.4, 0.5) is 5.69 Å². The first-order valence-corrected chi connectivity index (χ1v) is 15.1. The second-order valence-electron chi connectivity index (χ2n) is 8.36. The van der Waals surface area contributed by atoms with E-state index in [-0.39, 0.29) is 22.4 Å². The van der Waals surface area contributed by atoms with Crippen molar-refractivity contribution in [3.05, 3.63) is 88.3 Å². The number of benzene rings is 2. The zero-order chi connectivity index (χ0) is 26.8. The van der Waals surface area contributed by atoms with Gasteiger partial charge in [-0.3, -0.25) is 0 Å². The van der Waals surface area contributed by atoms with Crippen LogP contribution in [0.2, 0.25) is 0 Å². The first kappa shape index (κ1) is 28.1. The molecule has 0 fully saturated rings. The Morgan fingerprint density at radius 2 is 1.78 bits per heavy atom. The number of anilines is 1. The Morgan fingerprint density at radius 1 is 1.03 bits per heavy atom. The molecule has 1 unspecified atom stereocenters. The molecule has 0 aliphatic heterocycles. The fourth-order valence-electron chi connectivity index (χ4n) is 3.67. The van der Waals surface area contributed by atoms with Gasteiger partial charge < -0.3 is 0 Å². The number of rotatable bonds is 12. The van der Waals surface area contributed by atoms with Crippen LogP contribution in [0.1, 0.15) is 44.4 Å². The van der Waals surface area contributed by atoms with Crippen LogP contribution in [0.15, 0.2) is 71.5 Å². The van der Waals surface area contributed by atoms with Gasteiger partial charge in [-0.25, -0.2) is 0 Å². The molecule has 0 spiro atoms. The van der Waals surface area contributed by atoms with Crippen molar-refractivity contribution < 1.29 is 26.3 Å². The topological polar surface area (TPSA) is 136 Å². The van der Waals surface area contributed by atoms with E-state index in [1.807, 2.05) is 42.7 Å². The van der Waals surface area contributed by atoms with E-state index in [1.54, 1.807) is 18.2 Å². The van der Waals surface area contributed by atoms with Crippen LogP contribution in [0.5, 0.6) is 0 Å². The molecule has 0 radical (unpaired) electrons. The maximum absolute atomic E-state index is 13.5. The Bertz CT molecular complexity index is 1340. The molecule has 0 bridgehead atoms. The van der Waals surface area contributed by atoms with Crippen LogP contribution < -0.4 is 20.7 Å². The van der Waals surface area contributed by atoms with E-state index in [9.17, 15) is 23.4 Å². The summed E-state index contributed by atoms with van der Waals surface area (Å²) in [5.41, 5.74) is 3.59. The van der Waals surface area contributed by atoms with E-state index < -0.39 is 25.6 Å². The monoisotopic (exact) mass is 571 g/mol. The molecule has 3 N–H and O–H groups in total. The molecule has 10 nitrogen and oxygen atoms in total. The van der Waals surface area contributed by atoms with Crippen molar-refractivity contribution in [3.8, 4) is 5.69 Å². The van der Waals surface area contributed by atoms with E-state index >= 15 is 0 Å². The number of unbranched alkanes of at least 4 members (excludes halogenated alkanes) is 1. The number of carbonyl (C=O) groups is 2. The summed E-state index contributed by atoms with van der Waals surface area (Å²) in [6.07, 6.45) is 3.03. The van der Waals surface area contributed by atoms with Crippen LogP contribution >= 0.6 is 0 Å². The molecule has 1 aromatic heterocycles. The van der Waals surface area contributed by atoms with Crippen LogP contribution in [0.3, 0.4) is 0 Å².